The topological polar surface area (TPSA) is 32.3 Å². The Morgan fingerprint density at radius 2 is 2.38 bits per heavy atom. The molecule has 1 heterocycles. The van der Waals surface area contributed by atoms with E-state index < -0.39 is 0 Å². The first kappa shape index (κ1) is 11.4. The summed E-state index contributed by atoms with van der Waals surface area (Å²) < 4.78 is 0. The van der Waals surface area contributed by atoms with E-state index in [1.165, 1.54) is 0 Å². The van der Waals surface area contributed by atoms with E-state index in [0.29, 0.717) is 0 Å². The summed E-state index contributed by atoms with van der Waals surface area (Å²) in [4.78, 5) is 13.2. The van der Waals surface area contributed by atoms with Crippen molar-refractivity contribution in [2.24, 2.45) is 0 Å². The van der Waals surface area contributed by atoms with Crippen LogP contribution in [0.1, 0.15) is 18.5 Å². The average Bonchev–Trinajstić information content (AvgIpc) is 2.29. The molecule has 16 heavy (non-hydrogen) atoms. The number of amides is 1. The number of carbonyl (C=O) groups excluding carboxylic acids is 1. The Labute approximate surface area is 100 Å². The zero-order valence-corrected chi connectivity index (χ0v) is 10.00. The van der Waals surface area contributed by atoms with Crippen molar-refractivity contribution < 1.29 is 4.79 Å². The summed E-state index contributed by atoms with van der Waals surface area (Å²) >= 11 is 5.95. The van der Waals surface area contributed by atoms with Gasteiger partial charge in [-0.2, -0.15) is 0 Å². The van der Waals surface area contributed by atoms with Gasteiger partial charge >= 0.3 is 0 Å². The third kappa shape index (κ3) is 2.54. The van der Waals surface area contributed by atoms with Gasteiger partial charge < -0.3 is 10.2 Å². The fourth-order valence-corrected chi connectivity index (χ4v) is 2.18. The molecule has 0 bridgehead atoms. The third-order valence-electron chi connectivity index (χ3n) is 2.87. The van der Waals surface area contributed by atoms with Crippen LogP contribution in [0, 0.1) is 0 Å². The molecule has 1 N–H and O–H groups in total. The minimum atomic E-state index is 0.133. The molecule has 86 valence electrons. The van der Waals surface area contributed by atoms with Crippen molar-refractivity contribution in [3.63, 3.8) is 0 Å². The van der Waals surface area contributed by atoms with Crippen LogP contribution < -0.4 is 5.32 Å². The molecule has 0 radical (unpaired) electrons. The Morgan fingerprint density at radius 1 is 1.56 bits per heavy atom. The normalized spacial score (nSPS) is 20.9. The molecule has 3 nitrogen and oxygen atoms in total. The second kappa shape index (κ2) is 4.85. The smallest absolute Gasteiger partial charge is 0.219 e. The molecule has 0 spiro atoms. The molecular formula is C12H15ClN2O. The molecule has 1 fully saturated rings. The fourth-order valence-electron chi connectivity index (χ4n) is 1.98. The lowest BCUT2D eigenvalue weighted by Gasteiger charge is -2.33. The van der Waals surface area contributed by atoms with E-state index in [2.05, 4.69) is 5.32 Å². The molecule has 1 aromatic rings. The Bertz CT molecular complexity index is 394. The number of rotatable bonds is 1. The van der Waals surface area contributed by atoms with E-state index in [1.54, 1.807) is 6.92 Å². The summed E-state index contributed by atoms with van der Waals surface area (Å²) in [6.45, 7) is 3.94. The number of nitrogens with one attached hydrogen (secondary N) is 1. The lowest BCUT2D eigenvalue weighted by Crippen LogP contribution is -2.47. The minimum Gasteiger partial charge on any atom is -0.340 e. The lowest BCUT2D eigenvalue weighted by molar-refractivity contribution is -0.130. The van der Waals surface area contributed by atoms with Crippen molar-refractivity contribution in [3.05, 3.63) is 34.9 Å². The summed E-state index contributed by atoms with van der Waals surface area (Å²) in [6, 6.07) is 7.97. The number of nitrogens with zero attached hydrogens (tertiary/aromatic N) is 1. The molecule has 2 rings (SSSR count). The summed E-state index contributed by atoms with van der Waals surface area (Å²) in [6.07, 6.45) is 0. The van der Waals surface area contributed by atoms with Crippen LogP contribution in [0.25, 0.3) is 0 Å². The Hall–Kier alpha value is -1.06. The first-order valence-electron chi connectivity index (χ1n) is 5.41. The molecule has 1 amide bonds. The van der Waals surface area contributed by atoms with Crippen LogP contribution in [0.15, 0.2) is 24.3 Å². The second-order valence-electron chi connectivity index (χ2n) is 4.03. The van der Waals surface area contributed by atoms with Gasteiger partial charge in [0.1, 0.15) is 0 Å². The molecule has 0 saturated carbocycles. The van der Waals surface area contributed by atoms with Gasteiger partial charge in [0.15, 0.2) is 0 Å². The number of hydrogen-bond acceptors (Lipinski definition) is 2. The van der Waals surface area contributed by atoms with Gasteiger partial charge in [0, 0.05) is 37.6 Å². The van der Waals surface area contributed by atoms with E-state index in [4.69, 9.17) is 11.6 Å². The SMILES string of the molecule is CC(=O)N1CCNC(c2cccc(Cl)c2)C1. The molecule has 0 aromatic heterocycles. The van der Waals surface area contributed by atoms with Gasteiger partial charge in [0.05, 0.1) is 0 Å². The van der Waals surface area contributed by atoms with Crippen molar-refractivity contribution in [1.29, 1.82) is 0 Å². The first-order chi connectivity index (χ1) is 7.66. The van der Waals surface area contributed by atoms with E-state index in [-0.39, 0.29) is 11.9 Å². The maximum absolute atomic E-state index is 11.3. The van der Waals surface area contributed by atoms with Gasteiger partial charge in [-0.25, -0.2) is 0 Å². The standard InChI is InChI=1S/C12H15ClN2O/c1-9(16)15-6-5-14-12(8-15)10-3-2-4-11(13)7-10/h2-4,7,12,14H,5-6,8H2,1H3. The van der Waals surface area contributed by atoms with Gasteiger partial charge in [-0.1, -0.05) is 23.7 Å². The zero-order valence-electron chi connectivity index (χ0n) is 9.24. The van der Waals surface area contributed by atoms with Gasteiger partial charge in [-0.05, 0) is 17.7 Å². The predicted molar refractivity (Wildman–Crippen MR) is 64.4 cm³/mol. The van der Waals surface area contributed by atoms with Gasteiger partial charge in [0.25, 0.3) is 0 Å². The number of benzene rings is 1. The first-order valence-corrected chi connectivity index (χ1v) is 5.79. The molecule has 4 heteroatoms. The van der Waals surface area contributed by atoms with Gasteiger partial charge in [-0.15, -0.1) is 0 Å². The summed E-state index contributed by atoms with van der Waals surface area (Å²) in [5, 5.41) is 4.13. The Balaban J connectivity index is 2.12. The van der Waals surface area contributed by atoms with Crippen molar-refractivity contribution >= 4 is 17.5 Å². The lowest BCUT2D eigenvalue weighted by atomic mass is 10.0. The van der Waals surface area contributed by atoms with E-state index in [9.17, 15) is 4.79 Å². The van der Waals surface area contributed by atoms with Crippen LogP contribution >= 0.6 is 11.6 Å². The van der Waals surface area contributed by atoms with E-state index >= 15 is 0 Å². The van der Waals surface area contributed by atoms with E-state index in [0.717, 1.165) is 30.2 Å². The van der Waals surface area contributed by atoms with Gasteiger partial charge in [-0.3, -0.25) is 4.79 Å². The highest BCUT2D eigenvalue weighted by Gasteiger charge is 2.22. The Morgan fingerprint density at radius 3 is 3.06 bits per heavy atom. The van der Waals surface area contributed by atoms with Gasteiger partial charge in [0.2, 0.25) is 5.91 Å². The number of hydrogen-bond donors (Lipinski definition) is 1. The van der Waals surface area contributed by atoms with Crippen molar-refractivity contribution in [3.8, 4) is 0 Å². The molecule has 1 aliphatic heterocycles. The van der Waals surface area contributed by atoms with Crippen LogP contribution in [0.3, 0.4) is 0 Å². The highest BCUT2D eigenvalue weighted by atomic mass is 35.5. The summed E-state index contributed by atoms with van der Waals surface area (Å²) in [5.41, 5.74) is 1.14. The van der Waals surface area contributed by atoms with Crippen LogP contribution in [-0.4, -0.2) is 30.4 Å². The number of carbonyl (C=O) groups is 1. The maximum atomic E-state index is 11.3. The average molecular weight is 239 g/mol. The summed E-state index contributed by atoms with van der Waals surface area (Å²) in [7, 11) is 0. The highest BCUT2D eigenvalue weighted by Crippen LogP contribution is 2.20. The monoisotopic (exact) mass is 238 g/mol. The summed E-state index contributed by atoms with van der Waals surface area (Å²) in [5.74, 6) is 0.133. The molecule has 1 aliphatic rings. The highest BCUT2D eigenvalue weighted by molar-refractivity contribution is 6.30. The maximum Gasteiger partial charge on any atom is 0.219 e. The third-order valence-corrected chi connectivity index (χ3v) is 3.11. The van der Waals surface area contributed by atoms with Crippen LogP contribution in [0.5, 0.6) is 0 Å². The molecular weight excluding hydrogens is 224 g/mol. The molecule has 1 aromatic carbocycles. The quantitative estimate of drug-likeness (QED) is 0.810. The van der Waals surface area contributed by atoms with Crippen molar-refractivity contribution in [1.82, 2.24) is 10.2 Å². The minimum absolute atomic E-state index is 0.133. The Kier molecular flexibility index (Phi) is 3.46. The molecule has 1 atom stereocenters. The van der Waals surface area contributed by atoms with Crippen molar-refractivity contribution in [2.75, 3.05) is 19.6 Å². The van der Waals surface area contributed by atoms with Crippen LogP contribution in [0.2, 0.25) is 5.02 Å². The molecule has 0 aliphatic carbocycles. The van der Waals surface area contributed by atoms with E-state index in [1.807, 2.05) is 29.2 Å². The largest absolute Gasteiger partial charge is 0.340 e. The van der Waals surface area contributed by atoms with Crippen LogP contribution in [-0.2, 0) is 4.79 Å². The van der Waals surface area contributed by atoms with Crippen molar-refractivity contribution in [2.45, 2.75) is 13.0 Å². The zero-order chi connectivity index (χ0) is 11.5. The number of piperazine rings is 1. The predicted octanol–water partition coefficient (Wildman–Crippen LogP) is 1.83. The molecule has 1 saturated heterocycles. The second-order valence-corrected chi connectivity index (χ2v) is 4.46. The van der Waals surface area contributed by atoms with Crippen LogP contribution in [0.4, 0.5) is 0 Å². The number of halogens is 1. The fraction of sp³-hybridized carbons (Fsp3) is 0.417. The molecule has 1 unspecified atom stereocenters.